The van der Waals surface area contributed by atoms with Crippen molar-refractivity contribution in [3.63, 3.8) is 0 Å². The van der Waals surface area contributed by atoms with E-state index >= 15 is 0 Å². The third-order valence-electron chi connectivity index (χ3n) is 4.45. The second kappa shape index (κ2) is 3.75. The number of ether oxygens (including phenoxy) is 1. The van der Waals surface area contributed by atoms with Gasteiger partial charge in [0.1, 0.15) is 6.10 Å². The summed E-state index contributed by atoms with van der Waals surface area (Å²) >= 11 is 0. The maximum atomic E-state index is 14.6. The van der Waals surface area contributed by atoms with Gasteiger partial charge in [-0.2, -0.15) is 13.8 Å². The Balaban J connectivity index is 1.91. The maximum absolute atomic E-state index is 14.6. The minimum atomic E-state index is -3.88. The number of rotatable bonds is 2. The number of nitrogens with one attached hydrogen (secondary N) is 1. The predicted molar refractivity (Wildman–Crippen MR) is 71.5 cm³/mol. The molecule has 3 heterocycles. The molecule has 2 aromatic heterocycles. The van der Waals surface area contributed by atoms with Crippen molar-refractivity contribution in [3.05, 3.63) is 29.3 Å². The average molecular weight is 327 g/mol. The van der Waals surface area contributed by atoms with Gasteiger partial charge in [-0.1, -0.05) is 6.08 Å². The minimum absolute atomic E-state index is 0.209. The third-order valence-corrected chi connectivity index (χ3v) is 4.45. The molecule has 11 heteroatoms. The van der Waals surface area contributed by atoms with Gasteiger partial charge >= 0.3 is 5.92 Å². The summed E-state index contributed by atoms with van der Waals surface area (Å²) in [5.74, 6) is -4.17. The van der Waals surface area contributed by atoms with Crippen LogP contribution in [0.25, 0.3) is 11.2 Å². The number of fused-ring (bicyclic) bond motifs is 2. The van der Waals surface area contributed by atoms with Crippen LogP contribution >= 0.6 is 0 Å². The minimum Gasteiger partial charge on any atom is -0.386 e. The molecule has 1 unspecified atom stereocenters. The van der Waals surface area contributed by atoms with Crippen LogP contribution in [0.3, 0.4) is 0 Å². The van der Waals surface area contributed by atoms with Crippen LogP contribution in [0.5, 0.6) is 0 Å². The summed E-state index contributed by atoms with van der Waals surface area (Å²) in [7, 11) is 0. The van der Waals surface area contributed by atoms with Crippen molar-refractivity contribution in [1.29, 1.82) is 0 Å². The Kier molecular flexibility index (Phi) is 2.32. The van der Waals surface area contributed by atoms with E-state index in [1.54, 1.807) is 0 Å². The molecule has 122 valence electrons. The number of alkyl halides is 2. The van der Waals surface area contributed by atoms with Gasteiger partial charge in [-0.25, -0.2) is 4.98 Å². The molecule has 23 heavy (non-hydrogen) atoms. The van der Waals surface area contributed by atoms with Crippen LogP contribution in [0, 0.1) is 0 Å². The zero-order valence-electron chi connectivity index (χ0n) is 11.4. The largest absolute Gasteiger partial charge is 0.386 e. The highest BCUT2D eigenvalue weighted by Crippen LogP contribution is 2.69. The molecule has 0 aromatic carbocycles. The number of hydrogen-bond acceptors (Lipinski definition) is 7. The van der Waals surface area contributed by atoms with Gasteiger partial charge in [0.15, 0.2) is 22.4 Å². The predicted octanol–water partition coefficient (Wildman–Crippen LogP) is -1.10. The molecule has 1 saturated carbocycles. The van der Waals surface area contributed by atoms with Crippen molar-refractivity contribution in [2.45, 2.75) is 29.5 Å². The van der Waals surface area contributed by atoms with Crippen molar-refractivity contribution < 1.29 is 23.7 Å². The van der Waals surface area contributed by atoms with Crippen LogP contribution in [-0.4, -0.2) is 53.0 Å². The summed E-state index contributed by atoms with van der Waals surface area (Å²) in [4.78, 5) is 21.4. The molecule has 0 bridgehead atoms. The molecule has 1 aliphatic heterocycles. The second-order valence-electron chi connectivity index (χ2n) is 5.53. The van der Waals surface area contributed by atoms with E-state index in [9.17, 15) is 23.8 Å². The molecule has 2 aliphatic rings. The molecule has 4 rings (SSSR count). The van der Waals surface area contributed by atoms with E-state index < -0.39 is 35.0 Å². The first-order chi connectivity index (χ1) is 10.7. The lowest BCUT2D eigenvalue weighted by Gasteiger charge is -2.26. The van der Waals surface area contributed by atoms with E-state index in [-0.39, 0.29) is 17.1 Å². The van der Waals surface area contributed by atoms with Crippen molar-refractivity contribution >= 4 is 17.1 Å². The Bertz CT molecular complexity index is 910. The normalized spacial score (nSPS) is 37.7. The summed E-state index contributed by atoms with van der Waals surface area (Å²) in [6.07, 6.45) is -1.98. The van der Waals surface area contributed by atoms with Crippen LogP contribution < -0.4 is 11.3 Å². The number of nitrogens with two attached hydrogens (primary N) is 1. The number of halogens is 2. The molecule has 1 aliphatic carbocycles. The third kappa shape index (κ3) is 1.30. The summed E-state index contributed by atoms with van der Waals surface area (Å²) in [5.41, 5.74) is -0.527. The quantitative estimate of drug-likeness (QED) is 0.513. The van der Waals surface area contributed by atoms with Crippen LogP contribution in [0.1, 0.15) is 6.23 Å². The molecule has 1 saturated heterocycles. The van der Waals surface area contributed by atoms with Gasteiger partial charge < -0.3 is 20.7 Å². The fourth-order valence-corrected chi connectivity index (χ4v) is 3.14. The molecule has 2 fully saturated rings. The summed E-state index contributed by atoms with van der Waals surface area (Å²) in [6, 6.07) is 0. The molecule has 2 aromatic rings. The van der Waals surface area contributed by atoms with E-state index in [2.05, 4.69) is 21.5 Å². The molecule has 0 spiro atoms. The van der Waals surface area contributed by atoms with Crippen LogP contribution in [-0.2, 0) is 4.74 Å². The Hall–Kier alpha value is -2.37. The molecule has 0 radical (unpaired) electrons. The number of aliphatic hydroxyl groups is 2. The first-order valence-electron chi connectivity index (χ1n) is 6.52. The van der Waals surface area contributed by atoms with Crippen LogP contribution in [0.4, 0.5) is 14.7 Å². The van der Waals surface area contributed by atoms with Gasteiger partial charge in [0.05, 0.1) is 6.33 Å². The van der Waals surface area contributed by atoms with E-state index in [1.165, 1.54) is 0 Å². The van der Waals surface area contributed by atoms with Gasteiger partial charge in [-0.05, 0) is 0 Å². The second-order valence-corrected chi connectivity index (χ2v) is 5.53. The Morgan fingerprint density at radius 2 is 2.26 bits per heavy atom. The molecular formula is C12H11F2N5O4. The number of aromatic nitrogens is 4. The van der Waals surface area contributed by atoms with E-state index in [1.807, 2.05) is 0 Å². The van der Waals surface area contributed by atoms with E-state index in [0.29, 0.717) is 0 Å². The summed E-state index contributed by atoms with van der Waals surface area (Å²) in [5, 5.41) is 19.8. The van der Waals surface area contributed by atoms with Crippen LogP contribution in [0.2, 0.25) is 0 Å². The highest BCUT2D eigenvalue weighted by atomic mass is 19.3. The van der Waals surface area contributed by atoms with Gasteiger partial charge in [0, 0.05) is 0 Å². The fraction of sp³-hybridized carbons (Fsp3) is 0.417. The molecule has 4 atom stereocenters. The Morgan fingerprint density at radius 1 is 1.57 bits per heavy atom. The topological polar surface area (TPSA) is 139 Å². The van der Waals surface area contributed by atoms with Crippen molar-refractivity contribution in [2.75, 3.05) is 5.73 Å². The van der Waals surface area contributed by atoms with Gasteiger partial charge in [-0.3, -0.25) is 14.3 Å². The first-order valence-corrected chi connectivity index (χ1v) is 6.52. The number of nitrogen functional groups attached to an aromatic ring is 1. The zero-order chi connectivity index (χ0) is 16.8. The first kappa shape index (κ1) is 14.2. The van der Waals surface area contributed by atoms with Crippen molar-refractivity contribution in [2.24, 2.45) is 0 Å². The van der Waals surface area contributed by atoms with Gasteiger partial charge in [0.25, 0.3) is 5.56 Å². The number of imidazole rings is 1. The SMILES string of the molecule is C=C[C@]12O[C@@H](n3cnc4c(=O)[nH]c(N)nc43)C(F)(F)[C@@]1(O)C2O. The Morgan fingerprint density at radius 3 is 2.87 bits per heavy atom. The number of H-pyrrole nitrogens is 1. The van der Waals surface area contributed by atoms with Crippen LogP contribution in [0.15, 0.2) is 23.8 Å². The zero-order valence-corrected chi connectivity index (χ0v) is 11.4. The summed E-state index contributed by atoms with van der Waals surface area (Å²) < 4.78 is 35.2. The number of aromatic amines is 1. The average Bonchev–Trinajstić information content (AvgIpc) is 2.77. The van der Waals surface area contributed by atoms with E-state index in [0.717, 1.165) is 17.0 Å². The highest BCUT2D eigenvalue weighted by molar-refractivity contribution is 5.70. The van der Waals surface area contributed by atoms with Crippen molar-refractivity contribution in [3.8, 4) is 0 Å². The van der Waals surface area contributed by atoms with Gasteiger partial charge in [-0.15, -0.1) is 6.58 Å². The van der Waals surface area contributed by atoms with Gasteiger partial charge in [0.2, 0.25) is 12.2 Å². The molecule has 0 amide bonds. The Labute approximate surface area is 126 Å². The number of anilines is 1. The lowest BCUT2D eigenvalue weighted by Crippen LogP contribution is -2.43. The fourth-order valence-electron chi connectivity index (χ4n) is 3.14. The number of aliphatic hydroxyl groups excluding tert-OH is 1. The standard InChI is InChI=1S/C12H11F2N5O4/c1-2-10-7(21)11(10,22)12(13,14)8(23-10)19-3-16-4-5(19)17-9(15)18-6(4)20/h2-3,7-8,21-22H,1H2,(H3,15,17,18,20)/t7?,8-,10-,11-/m1/s1. The monoisotopic (exact) mass is 327 g/mol. The molecule has 5 N–H and O–H groups in total. The maximum Gasteiger partial charge on any atom is 0.326 e. The summed E-state index contributed by atoms with van der Waals surface area (Å²) in [6.45, 7) is 3.33. The number of hydrogen-bond donors (Lipinski definition) is 4. The molecular weight excluding hydrogens is 316 g/mol. The highest BCUT2D eigenvalue weighted by Gasteiger charge is 2.94. The van der Waals surface area contributed by atoms with Crippen molar-refractivity contribution in [1.82, 2.24) is 19.5 Å². The van der Waals surface area contributed by atoms with E-state index in [4.69, 9.17) is 10.5 Å². The molecule has 9 nitrogen and oxygen atoms in total. The number of nitrogens with zero attached hydrogens (tertiary/aromatic N) is 3. The lowest BCUT2D eigenvalue weighted by molar-refractivity contribution is -0.197. The smallest absolute Gasteiger partial charge is 0.326 e. The lowest BCUT2D eigenvalue weighted by atomic mass is 10.1.